The quantitative estimate of drug-likeness (QED) is 0.905. The van der Waals surface area contributed by atoms with Crippen LogP contribution in [0, 0.1) is 5.41 Å². The molecule has 1 aromatic carbocycles. The molecule has 6 heteroatoms. The van der Waals surface area contributed by atoms with E-state index in [1.54, 1.807) is 12.1 Å². The lowest BCUT2D eigenvalue weighted by Gasteiger charge is -2.47. The summed E-state index contributed by atoms with van der Waals surface area (Å²) in [6, 6.07) is 4.81. The van der Waals surface area contributed by atoms with Crippen molar-refractivity contribution in [2.45, 2.75) is 20.1 Å². The molecule has 1 fully saturated rings. The van der Waals surface area contributed by atoms with Crippen LogP contribution in [0.2, 0.25) is 5.02 Å². The second-order valence-electron chi connectivity index (χ2n) is 5.26. The molecule has 19 heavy (non-hydrogen) atoms. The highest BCUT2D eigenvalue weighted by atomic mass is 35.5. The molecule has 0 spiro atoms. The largest absolute Gasteiger partial charge is 0.433 e. The minimum absolute atomic E-state index is 0.00998. The number of likely N-dealkylation sites (tertiary alicyclic amines) is 1. The highest BCUT2D eigenvalue weighted by molar-refractivity contribution is 6.32. The smallest absolute Gasteiger partial charge is 0.387 e. The summed E-state index contributed by atoms with van der Waals surface area (Å²) in [5.41, 5.74) is 0.911. The number of aliphatic hydroxyl groups is 1. The van der Waals surface area contributed by atoms with Gasteiger partial charge in [-0.15, -0.1) is 0 Å². The Morgan fingerprint density at radius 2 is 2.16 bits per heavy atom. The van der Waals surface area contributed by atoms with E-state index < -0.39 is 6.61 Å². The number of rotatable bonds is 5. The average Bonchev–Trinajstić information content (AvgIpc) is 2.30. The van der Waals surface area contributed by atoms with E-state index in [9.17, 15) is 8.78 Å². The first-order valence-electron chi connectivity index (χ1n) is 5.98. The van der Waals surface area contributed by atoms with Crippen LogP contribution in [-0.2, 0) is 6.54 Å². The van der Waals surface area contributed by atoms with Crippen LogP contribution >= 0.6 is 11.6 Å². The molecule has 0 unspecified atom stereocenters. The first-order chi connectivity index (χ1) is 8.92. The summed E-state index contributed by atoms with van der Waals surface area (Å²) in [4.78, 5) is 2.16. The summed E-state index contributed by atoms with van der Waals surface area (Å²) in [7, 11) is 0. The van der Waals surface area contributed by atoms with Crippen molar-refractivity contribution in [2.24, 2.45) is 5.41 Å². The summed E-state index contributed by atoms with van der Waals surface area (Å²) in [6.07, 6.45) is 0. The van der Waals surface area contributed by atoms with Gasteiger partial charge in [-0.1, -0.05) is 24.6 Å². The number of hydrogen-bond acceptors (Lipinski definition) is 3. The number of nitrogens with zero attached hydrogens (tertiary/aromatic N) is 1. The van der Waals surface area contributed by atoms with Crippen molar-refractivity contribution < 1.29 is 18.6 Å². The zero-order chi connectivity index (χ0) is 14.0. The highest BCUT2D eigenvalue weighted by Crippen LogP contribution is 2.32. The lowest BCUT2D eigenvalue weighted by Crippen LogP contribution is -2.55. The topological polar surface area (TPSA) is 32.7 Å². The Bertz CT molecular complexity index is 450. The number of ether oxygens (including phenoxy) is 1. The molecule has 1 aliphatic heterocycles. The van der Waals surface area contributed by atoms with Gasteiger partial charge in [0.25, 0.3) is 0 Å². The van der Waals surface area contributed by atoms with Crippen LogP contribution in [0.15, 0.2) is 18.2 Å². The highest BCUT2D eigenvalue weighted by Gasteiger charge is 2.37. The number of alkyl halides is 2. The van der Waals surface area contributed by atoms with Gasteiger partial charge in [-0.25, -0.2) is 0 Å². The molecule has 0 bridgehead atoms. The minimum Gasteiger partial charge on any atom is -0.433 e. The zero-order valence-electron chi connectivity index (χ0n) is 10.6. The zero-order valence-corrected chi connectivity index (χ0v) is 11.3. The number of aliphatic hydroxyl groups excluding tert-OH is 1. The normalized spacial score (nSPS) is 18.4. The molecule has 0 aromatic heterocycles. The van der Waals surface area contributed by atoms with Crippen molar-refractivity contribution in [1.82, 2.24) is 4.90 Å². The average molecular weight is 292 g/mol. The standard InChI is InChI=1S/C13H16ClF2NO2/c1-13(8-18)6-17(7-13)5-9-2-3-11(10(14)4-9)19-12(15)16/h2-4,12,18H,5-8H2,1H3. The summed E-state index contributed by atoms with van der Waals surface area (Å²) in [6.45, 7) is 1.64. The van der Waals surface area contributed by atoms with E-state index >= 15 is 0 Å². The van der Waals surface area contributed by atoms with Crippen molar-refractivity contribution in [3.8, 4) is 5.75 Å². The molecule has 1 aliphatic rings. The molecule has 1 N–H and O–H groups in total. The second kappa shape index (κ2) is 5.61. The third-order valence-corrected chi connectivity index (χ3v) is 3.51. The SMILES string of the molecule is CC1(CO)CN(Cc2ccc(OC(F)F)c(Cl)c2)C1. The molecular formula is C13H16ClF2NO2. The number of halogens is 3. The van der Waals surface area contributed by atoms with Gasteiger partial charge in [0.15, 0.2) is 0 Å². The van der Waals surface area contributed by atoms with Crippen molar-refractivity contribution in [2.75, 3.05) is 19.7 Å². The van der Waals surface area contributed by atoms with Gasteiger partial charge >= 0.3 is 6.61 Å². The molecule has 1 saturated heterocycles. The van der Waals surface area contributed by atoms with Crippen LogP contribution in [0.4, 0.5) is 8.78 Å². The van der Waals surface area contributed by atoms with Crippen molar-refractivity contribution in [3.63, 3.8) is 0 Å². The molecule has 0 radical (unpaired) electrons. The Hall–Kier alpha value is -0.910. The van der Waals surface area contributed by atoms with Gasteiger partial charge in [-0.05, 0) is 17.7 Å². The number of hydrogen-bond donors (Lipinski definition) is 1. The van der Waals surface area contributed by atoms with E-state index in [0.29, 0.717) is 6.54 Å². The molecule has 0 aliphatic carbocycles. The second-order valence-corrected chi connectivity index (χ2v) is 5.66. The Labute approximate surface area is 115 Å². The van der Waals surface area contributed by atoms with Crippen LogP contribution in [0.1, 0.15) is 12.5 Å². The minimum atomic E-state index is -2.87. The molecule has 3 nitrogen and oxygen atoms in total. The van der Waals surface area contributed by atoms with Crippen molar-refractivity contribution in [3.05, 3.63) is 28.8 Å². The lowest BCUT2D eigenvalue weighted by atomic mass is 9.83. The summed E-state index contributed by atoms with van der Waals surface area (Å²) >= 11 is 5.88. The molecule has 0 saturated carbocycles. The Kier molecular flexibility index (Phi) is 4.28. The molecule has 0 atom stereocenters. The monoisotopic (exact) mass is 291 g/mol. The van der Waals surface area contributed by atoms with E-state index in [1.807, 2.05) is 6.92 Å². The Morgan fingerprint density at radius 1 is 1.47 bits per heavy atom. The Morgan fingerprint density at radius 3 is 2.68 bits per heavy atom. The van der Waals surface area contributed by atoms with E-state index in [0.717, 1.165) is 18.7 Å². The van der Waals surface area contributed by atoms with Crippen molar-refractivity contribution in [1.29, 1.82) is 0 Å². The van der Waals surface area contributed by atoms with Crippen molar-refractivity contribution >= 4 is 11.6 Å². The van der Waals surface area contributed by atoms with Crippen LogP contribution < -0.4 is 4.74 Å². The van der Waals surface area contributed by atoms with E-state index in [1.165, 1.54) is 6.07 Å². The maximum Gasteiger partial charge on any atom is 0.387 e. The molecule has 1 heterocycles. The fraction of sp³-hybridized carbons (Fsp3) is 0.538. The first kappa shape index (κ1) is 14.5. The number of benzene rings is 1. The third kappa shape index (κ3) is 3.55. The van der Waals surface area contributed by atoms with Gasteiger partial charge in [-0.2, -0.15) is 8.78 Å². The summed E-state index contributed by atoms with van der Waals surface area (Å²) < 4.78 is 28.5. The van der Waals surface area contributed by atoms with E-state index in [4.69, 9.17) is 16.7 Å². The summed E-state index contributed by atoms with van der Waals surface area (Å²) in [5.74, 6) is -0.00998. The maximum absolute atomic E-state index is 12.1. The molecular weight excluding hydrogens is 276 g/mol. The molecule has 2 rings (SSSR count). The summed E-state index contributed by atoms with van der Waals surface area (Å²) in [5, 5.41) is 9.34. The van der Waals surface area contributed by atoms with E-state index in [-0.39, 0.29) is 22.8 Å². The molecule has 106 valence electrons. The van der Waals surface area contributed by atoms with Crippen LogP contribution in [-0.4, -0.2) is 36.3 Å². The van der Waals surface area contributed by atoms with Gasteiger partial charge in [0.1, 0.15) is 5.75 Å². The van der Waals surface area contributed by atoms with Gasteiger partial charge in [0, 0.05) is 25.0 Å². The van der Waals surface area contributed by atoms with Crippen LogP contribution in [0.3, 0.4) is 0 Å². The third-order valence-electron chi connectivity index (χ3n) is 3.21. The van der Waals surface area contributed by atoms with Crippen LogP contribution in [0.5, 0.6) is 5.75 Å². The Balaban J connectivity index is 1.94. The van der Waals surface area contributed by atoms with Crippen LogP contribution in [0.25, 0.3) is 0 Å². The van der Waals surface area contributed by atoms with Gasteiger partial charge in [0.05, 0.1) is 11.6 Å². The lowest BCUT2D eigenvalue weighted by molar-refractivity contribution is -0.0498. The fourth-order valence-electron chi connectivity index (χ4n) is 2.34. The van der Waals surface area contributed by atoms with Gasteiger partial charge in [-0.3, -0.25) is 4.90 Å². The van der Waals surface area contributed by atoms with E-state index in [2.05, 4.69) is 9.64 Å². The predicted octanol–water partition coefficient (Wildman–Crippen LogP) is 2.76. The van der Waals surface area contributed by atoms with Gasteiger partial charge in [0.2, 0.25) is 0 Å². The first-order valence-corrected chi connectivity index (χ1v) is 6.36. The van der Waals surface area contributed by atoms with Gasteiger partial charge < -0.3 is 9.84 Å². The predicted molar refractivity (Wildman–Crippen MR) is 68.6 cm³/mol. The maximum atomic E-state index is 12.1. The molecule has 0 amide bonds. The fourth-order valence-corrected chi connectivity index (χ4v) is 2.59. The molecule has 1 aromatic rings.